The molecular weight excluding hydrogens is 452 g/mol. The number of hydrogen-bond acceptors (Lipinski definition) is 6. The number of ether oxygens (including phenoxy) is 2. The highest BCUT2D eigenvalue weighted by Gasteiger charge is 2.44. The topological polar surface area (TPSA) is 69.5 Å². The molecule has 8 heteroatoms. The van der Waals surface area contributed by atoms with Gasteiger partial charge < -0.3 is 14.4 Å². The first-order valence-electron chi connectivity index (χ1n) is 11.5. The highest BCUT2D eigenvalue weighted by atomic mass is 35.5. The molecule has 3 heterocycles. The summed E-state index contributed by atoms with van der Waals surface area (Å²) in [6.45, 7) is 5.06. The summed E-state index contributed by atoms with van der Waals surface area (Å²) in [6.07, 6.45) is 3.87. The van der Waals surface area contributed by atoms with Gasteiger partial charge in [-0.25, -0.2) is 9.78 Å². The zero-order valence-corrected chi connectivity index (χ0v) is 19.9. The Morgan fingerprint density at radius 1 is 1.15 bits per heavy atom. The SMILES string of the molecule is COC(=O)c1cc(N2CCOCC2)cc2c1nc(C1(C)CC1)n2-c1ccnc2c(Cl)cccc12. The Morgan fingerprint density at radius 2 is 1.94 bits per heavy atom. The maximum atomic E-state index is 12.9. The van der Waals surface area contributed by atoms with Crippen LogP contribution in [0.2, 0.25) is 5.02 Å². The fraction of sp³-hybridized carbons (Fsp3) is 0.346. The van der Waals surface area contributed by atoms with Crippen LogP contribution in [0.15, 0.2) is 42.6 Å². The van der Waals surface area contributed by atoms with E-state index in [0.29, 0.717) is 29.3 Å². The Bertz CT molecular complexity index is 1440. The second-order valence-corrected chi connectivity index (χ2v) is 9.66. The molecule has 2 aliphatic rings. The minimum atomic E-state index is -0.389. The van der Waals surface area contributed by atoms with E-state index in [0.717, 1.165) is 59.5 Å². The third-order valence-corrected chi connectivity index (χ3v) is 7.31. The molecule has 34 heavy (non-hydrogen) atoms. The Balaban J connectivity index is 1.69. The van der Waals surface area contributed by atoms with E-state index in [1.54, 1.807) is 6.20 Å². The zero-order chi connectivity index (χ0) is 23.4. The molecule has 174 valence electrons. The smallest absolute Gasteiger partial charge is 0.340 e. The number of carbonyl (C=O) groups excluding carboxylic acids is 1. The number of rotatable bonds is 4. The summed E-state index contributed by atoms with van der Waals surface area (Å²) < 4.78 is 12.9. The Labute approximate surface area is 202 Å². The molecule has 0 bridgehead atoms. The van der Waals surface area contributed by atoms with Crippen molar-refractivity contribution < 1.29 is 14.3 Å². The van der Waals surface area contributed by atoms with Gasteiger partial charge >= 0.3 is 5.97 Å². The largest absolute Gasteiger partial charge is 0.465 e. The van der Waals surface area contributed by atoms with Gasteiger partial charge in [-0.1, -0.05) is 30.7 Å². The number of carbonyl (C=O) groups is 1. The lowest BCUT2D eigenvalue weighted by molar-refractivity contribution is 0.0603. The molecule has 7 nitrogen and oxygen atoms in total. The molecule has 0 spiro atoms. The summed E-state index contributed by atoms with van der Waals surface area (Å²) in [6, 6.07) is 11.8. The molecule has 2 aromatic heterocycles. The van der Waals surface area contributed by atoms with E-state index >= 15 is 0 Å². The number of pyridine rings is 1. The molecule has 1 aliphatic carbocycles. The Hall–Kier alpha value is -3.16. The van der Waals surface area contributed by atoms with Gasteiger partial charge in [0.15, 0.2) is 0 Å². The lowest BCUT2D eigenvalue weighted by Gasteiger charge is -2.29. The minimum Gasteiger partial charge on any atom is -0.465 e. The number of nitrogens with zero attached hydrogens (tertiary/aromatic N) is 4. The average Bonchev–Trinajstić information content (AvgIpc) is 3.50. The number of para-hydroxylation sites is 1. The molecule has 2 aromatic carbocycles. The highest BCUT2D eigenvalue weighted by molar-refractivity contribution is 6.35. The highest BCUT2D eigenvalue weighted by Crippen LogP contribution is 2.49. The standard InChI is InChI=1S/C26H25ClN4O3/c1-26(7-8-26)25-29-23-18(24(32)33-2)14-16(30-10-12-34-13-11-30)15-21(23)31(25)20-6-9-28-22-17(20)4-3-5-19(22)27/h3-6,9,14-15H,7-8,10-13H2,1-2H3. The van der Waals surface area contributed by atoms with Gasteiger partial charge in [0.25, 0.3) is 0 Å². The third-order valence-electron chi connectivity index (χ3n) is 7.01. The number of esters is 1. The molecule has 4 aromatic rings. The summed E-state index contributed by atoms with van der Waals surface area (Å²) in [5.41, 5.74) is 4.60. The van der Waals surface area contributed by atoms with Gasteiger partial charge in [0, 0.05) is 35.8 Å². The number of methoxy groups -OCH3 is 1. The van der Waals surface area contributed by atoms with Gasteiger partial charge in [0.2, 0.25) is 0 Å². The monoisotopic (exact) mass is 476 g/mol. The Morgan fingerprint density at radius 3 is 2.68 bits per heavy atom. The normalized spacial score (nSPS) is 17.3. The van der Waals surface area contributed by atoms with E-state index in [2.05, 4.69) is 27.4 Å². The van der Waals surface area contributed by atoms with Crippen molar-refractivity contribution in [3.05, 3.63) is 59.0 Å². The number of imidazole rings is 1. The van der Waals surface area contributed by atoms with Crippen LogP contribution in [0.5, 0.6) is 0 Å². The number of benzene rings is 2. The van der Waals surface area contributed by atoms with Crippen molar-refractivity contribution in [1.82, 2.24) is 14.5 Å². The van der Waals surface area contributed by atoms with Crippen molar-refractivity contribution in [3.8, 4) is 5.69 Å². The van der Waals surface area contributed by atoms with Crippen LogP contribution in [-0.4, -0.2) is 53.9 Å². The number of morpholine rings is 1. The molecule has 2 fully saturated rings. The maximum absolute atomic E-state index is 12.9. The van der Waals surface area contributed by atoms with Crippen LogP contribution in [0.3, 0.4) is 0 Å². The minimum absolute atomic E-state index is 0.0558. The molecule has 1 aliphatic heterocycles. The summed E-state index contributed by atoms with van der Waals surface area (Å²) in [5, 5.41) is 1.54. The fourth-order valence-corrected chi connectivity index (χ4v) is 5.04. The van der Waals surface area contributed by atoms with E-state index in [-0.39, 0.29) is 11.4 Å². The molecule has 0 N–H and O–H groups in total. The fourth-order valence-electron chi connectivity index (χ4n) is 4.81. The molecule has 0 amide bonds. The van der Waals surface area contributed by atoms with E-state index < -0.39 is 0 Å². The maximum Gasteiger partial charge on any atom is 0.340 e. The number of anilines is 1. The zero-order valence-electron chi connectivity index (χ0n) is 19.2. The van der Waals surface area contributed by atoms with Crippen molar-refractivity contribution in [1.29, 1.82) is 0 Å². The molecule has 1 saturated heterocycles. The van der Waals surface area contributed by atoms with Crippen LogP contribution >= 0.6 is 11.6 Å². The molecule has 0 atom stereocenters. The summed E-state index contributed by atoms with van der Waals surface area (Å²) in [7, 11) is 1.41. The number of aromatic nitrogens is 3. The second-order valence-electron chi connectivity index (χ2n) is 9.25. The Kier molecular flexibility index (Phi) is 5.00. The van der Waals surface area contributed by atoms with Gasteiger partial charge in [-0.15, -0.1) is 0 Å². The molecular formula is C26H25ClN4O3. The van der Waals surface area contributed by atoms with Crippen molar-refractivity contribution in [2.24, 2.45) is 0 Å². The van der Waals surface area contributed by atoms with Crippen molar-refractivity contribution in [2.75, 3.05) is 38.3 Å². The van der Waals surface area contributed by atoms with Crippen molar-refractivity contribution in [2.45, 2.75) is 25.2 Å². The first-order chi connectivity index (χ1) is 16.5. The average molecular weight is 477 g/mol. The lowest BCUT2D eigenvalue weighted by Crippen LogP contribution is -2.36. The predicted molar refractivity (Wildman–Crippen MR) is 132 cm³/mol. The lowest BCUT2D eigenvalue weighted by atomic mass is 10.1. The number of hydrogen-bond donors (Lipinski definition) is 0. The van der Waals surface area contributed by atoms with Gasteiger partial charge in [-0.05, 0) is 37.1 Å². The van der Waals surface area contributed by atoms with Crippen molar-refractivity contribution >= 4 is 45.2 Å². The third kappa shape index (κ3) is 3.34. The van der Waals surface area contributed by atoms with Crippen LogP contribution in [0.1, 0.15) is 35.9 Å². The first kappa shape index (κ1) is 21.4. The first-order valence-corrected chi connectivity index (χ1v) is 11.9. The van der Waals surface area contributed by atoms with Crippen molar-refractivity contribution in [3.63, 3.8) is 0 Å². The van der Waals surface area contributed by atoms with Gasteiger partial charge in [-0.2, -0.15) is 0 Å². The number of halogens is 1. The van der Waals surface area contributed by atoms with Crippen LogP contribution in [-0.2, 0) is 14.9 Å². The predicted octanol–water partition coefficient (Wildman–Crippen LogP) is 4.90. The van der Waals surface area contributed by atoms with E-state index in [4.69, 9.17) is 26.1 Å². The van der Waals surface area contributed by atoms with Gasteiger partial charge in [0.1, 0.15) is 11.3 Å². The van der Waals surface area contributed by atoms with E-state index in [1.807, 2.05) is 30.3 Å². The van der Waals surface area contributed by atoms with E-state index in [9.17, 15) is 4.79 Å². The molecule has 0 radical (unpaired) electrons. The van der Waals surface area contributed by atoms with Crippen LogP contribution in [0, 0.1) is 0 Å². The van der Waals surface area contributed by atoms with E-state index in [1.165, 1.54) is 7.11 Å². The molecule has 6 rings (SSSR count). The summed E-state index contributed by atoms with van der Waals surface area (Å²) >= 11 is 6.50. The summed E-state index contributed by atoms with van der Waals surface area (Å²) in [5.74, 6) is 0.555. The van der Waals surface area contributed by atoms with Gasteiger partial charge in [0.05, 0.1) is 47.6 Å². The molecule has 1 saturated carbocycles. The van der Waals surface area contributed by atoms with Gasteiger partial charge in [-0.3, -0.25) is 9.55 Å². The quantitative estimate of drug-likeness (QED) is 0.390. The molecule has 0 unspecified atom stereocenters. The van der Waals surface area contributed by atoms with Crippen LogP contribution < -0.4 is 4.90 Å². The van der Waals surface area contributed by atoms with Crippen LogP contribution in [0.25, 0.3) is 27.6 Å². The second kappa shape index (κ2) is 7.96. The summed E-state index contributed by atoms with van der Waals surface area (Å²) in [4.78, 5) is 24.7. The number of fused-ring (bicyclic) bond motifs is 2. The van der Waals surface area contributed by atoms with Crippen LogP contribution in [0.4, 0.5) is 5.69 Å².